The van der Waals surface area contributed by atoms with Crippen LogP contribution in [0.3, 0.4) is 0 Å². The average Bonchev–Trinajstić information content (AvgIpc) is 2.71. The molecule has 4 heteroatoms. The molecule has 2 aromatic rings. The van der Waals surface area contributed by atoms with E-state index in [9.17, 15) is 4.79 Å². The molecule has 0 aliphatic carbocycles. The number of carbonyl (C=O) groups excluding carboxylic acids is 1. The largest absolute Gasteiger partial charge is 0.345 e. The topological polar surface area (TPSA) is 42.0 Å². The molecule has 18 heavy (non-hydrogen) atoms. The molecule has 2 heterocycles. The van der Waals surface area contributed by atoms with Gasteiger partial charge in [0.15, 0.2) is 0 Å². The molecule has 0 fully saturated rings. The Morgan fingerprint density at radius 3 is 2.56 bits per heavy atom. The lowest BCUT2D eigenvalue weighted by molar-refractivity contribution is 0.0944. The number of aromatic nitrogens is 1. The van der Waals surface area contributed by atoms with Crippen LogP contribution in [-0.4, -0.2) is 10.9 Å². The van der Waals surface area contributed by atoms with Crippen molar-refractivity contribution in [3.05, 3.63) is 51.5 Å². The van der Waals surface area contributed by atoms with Gasteiger partial charge in [-0.05, 0) is 50.1 Å². The van der Waals surface area contributed by atoms with Crippen molar-refractivity contribution >= 4 is 17.2 Å². The van der Waals surface area contributed by atoms with Crippen molar-refractivity contribution in [2.75, 3.05) is 0 Å². The van der Waals surface area contributed by atoms with Crippen LogP contribution in [0.1, 0.15) is 38.6 Å². The second-order valence-electron chi connectivity index (χ2n) is 4.33. The average molecular weight is 260 g/mol. The van der Waals surface area contributed by atoms with Crippen LogP contribution in [0, 0.1) is 13.8 Å². The lowest BCUT2D eigenvalue weighted by atomic mass is 10.1. The van der Waals surface area contributed by atoms with Crippen LogP contribution in [-0.2, 0) is 0 Å². The molecule has 2 aromatic heterocycles. The number of amides is 1. The van der Waals surface area contributed by atoms with Crippen molar-refractivity contribution in [1.82, 2.24) is 10.3 Å². The molecule has 0 aliphatic heterocycles. The first kappa shape index (κ1) is 12.8. The van der Waals surface area contributed by atoms with Crippen LogP contribution in [0.15, 0.2) is 30.6 Å². The molecule has 0 unspecified atom stereocenters. The van der Waals surface area contributed by atoms with Gasteiger partial charge < -0.3 is 5.32 Å². The zero-order chi connectivity index (χ0) is 13.1. The van der Waals surface area contributed by atoms with Crippen LogP contribution in [0.5, 0.6) is 0 Å². The second-order valence-corrected chi connectivity index (χ2v) is 5.58. The Labute approximate surface area is 111 Å². The van der Waals surface area contributed by atoms with Crippen LogP contribution in [0.4, 0.5) is 0 Å². The predicted molar refractivity (Wildman–Crippen MR) is 73.9 cm³/mol. The number of nitrogens with one attached hydrogen (secondary N) is 1. The van der Waals surface area contributed by atoms with Crippen LogP contribution in [0.2, 0.25) is 0 Å². The summed E-state index contributed by atoms with van der Waals surface area (Å²) >= 11 is 1.54. The number of pyridine rings is 1. The molecule has 1 N–H and O–H groups in total. The molecule has 0 radical (unpaired) electrons. The summed E-state index contributed by atoms with van der Waals surface area (Å²) < 4.78 is 0. The maximum Gasteiger partial charge on any atom is 0.261 e. The number of hydrogen-bond donors (Lipinski definition) is 1. The third-order valence-corrected chi connectivity index (χ3v) is 4.09. The third-order valence-electron chi connectivity index (χ3n) is 2.94. The molecule has 0 aromatic carbocycles. The first-order valence-corrected chi connectivity index (χ1v) is 6.67. The summed E-state index contributed by atoms with van der Waals surface area (Å²) in [5, 5.41) is 3.00. The molecule has 1 atom stereocenters. The number of carbonyl (C=O) groups is 1. The molecule has 0 aliphatic rings. The standard InChI is InChI=1S/C14H16N2OS/c1-9-8-13(18-11(9)3)14(17)16-10(2)12-4-6-15-7-5-12/h4-8,10H,1-3H3,(H,16,17)/t10-/m1/s1. The van der Waals surface area contributed by atoms with Crippen LogP contribution < -0.4 is 5.32 Å². The van der Waals surface area contributed by atoms with E-state index in [1.807, 2.05) is 39.0 Å². The van der Waals surface area contributed by atoms with E-state index in [1.165, 1.54) is 21.8 Å². The smallest absolute Gasteiger partial charge is 0.261 e. The van der Waals surface area contributed by atoms with Crippen LogP contribution >= 0.6 is 11.3 Å². The fourth-order valence-corrected chi connectivity index (χ4v) is 2.63. The van der Waals surface area contributed by atoms with Gasteiger partial charge in [0, 0.05) is 17.3 Å². The van der Waals surface area contributed by atoms with Gasteiger partial charge in [-0.25, -0.2) is 0 Å². The molecular weight excluding hydrogens is 244 g/mol. The highest BCUT2D eigenvalue weighted by Crippen LogP contribution is 2.21. The minimum Gasteiger partial charge on any atom is -0.345 e. The molecule has 3 nitrogen and oxygen atoms in total. The van der Waals surface area contributed by atoms with Crippen molar-refractivity contribution in [3.63, 3.8) is 0 Å². The quantitative estimate of drug-likeness (QED) is 0.920. The molecule has 0 saturated heterocycles. The predicted octanol–water partition coefficient (Wildman–Crippen LogP) is 3.25. The molecule has 94 valence electrons. The fraction of sp³-hybridized carbons (Fsp3) is 0.286. The molecule has 2 rings (SSSR count). The van der Waals surface area contributed by atoms with Crippen molar-refractivity contribution in [1.29, 1.82) is 0 Å². The summed E-state index contributed by atoms with van der Waals surface area (Å²) in [6.07, 6.45) is 3.47. The van der Waals surface area contributed by atoms with Crippen LogP contribution in [0.25, 0.3) is 0 Å². The highest BCUT2D eigenvalue weighted by molar-refractivity contribution is 7.14. The monoisotopic (exact) mass is 260 g/mol. The highest BCUT2D eigenvalue weighted by Gasteiger charge is 2.13. The van der Waals surface area contributed by atoms with Crippen molar-refractivity contribution < 1.29 is 4.79 Å². The van der Waals surface area contributed by atoms with E-state index >= 15 is 0 Å². The minimum atomic E-state index is -0.0134. The van der Waals surface area contributed by atoms with Gasteiger partial charge in [-0.15, -0.1) is 11.3 Å². The maximum atomic E-state index is 12.1. The van der Waals surface area contributed by atoms with Gasteiger partial charge in [0.1, 0.15) is 0 Å². The van der Waals surface area contributed by atoms with Gasteiger partial charge in [0.25, 0.3) is 5.91 Å². The number of rotatable bonds is 3. The lowest BCUT2D eigenvalue weighted by Crippen LogP contribution is -2.25. The molecular formula is C14H16N2OS. The van der Waals surface area contributed by atoms with E-state index in [0.29, 0.717) is 0 Å². The first-order valence-electron chi connectivity index (χ1n) is 5.85. The van der Waals surface area contributed by atoms with E-state index in [2.05, 4.69) is 10.3 Å². The lowest BCUT2D eigenvalue weighted by Gasteiger charge is -2.13. The Morgan fingerprint density at radius 1 is 1.33 bits per heavy atom. The number of aryl methyl sites for hydroxylation is 2. The fourth-order valence-electron chi connectivity index (χ4n) is 1.69. The van der Waals surface area contributed by atoms with Gasteiger partial charge >= 0.3 is 0 Å². The Bertz CT molecular complexity index is 529. The van der Waals surface area contributed by atoms with E-state index < -0.39 is 0 Å². The van der Waals surface area contributed by atoms with Gasteiger partial charge in [-0.3, -0.25) is 9.78 Å². The second kappa shape index (κ2) is 5.31. The summed E-state index contributed by atoms with van der Waals surface area (Å²) in [6, 6.07) is 5.75. The van der Waals surface area contributed by atoms with Gasteiger partial charge in [-0.1, -0.05) is 0 Å². The highest BCUT2D eigenvalue weighted by atomic mass is 32.1. The van der Waals surface area contributed by atoms with E-state index in [-0.39, 0.29) is 11.9 Å². The van der Waals surface area contributed by atoms with E-state index in [1.54, 1.807) is 12.4 Å². The van der Waals surface area contributed by atoms with Gasteiger partial charge in [0.2, 0.25) is 0 Å². The molecule has 0 spiro atoms. The summed E-state index contributed by atoms with van der Waals surface area (Å²) in [5.74, 6) is -0.0134. The summed E-state index contributed by atoms with van der Waals surface area (Å²) in [5.41, 5.74) is 2.23. The summed E-state index contributed by atoms with van der Waals surface area (Å²) in [6.45, 7) is 6.03. The Morgan fingerprint density at radius 2 is 2.00 bits per heavy atom. The zero-order valence-corrected chi connectivity index (χ0v) is 11.5. The van der Waals surface area contributed by atoms with Gasteiger partial charge in [-0.2, -0.15) is 0 Å². The normalized spacial score (nSPS) is 12.2. The molecule has 0 bridgehead atoms. The minimum absolute atomic E-state index is 0.0109. The SMILES string of the molecule is Cc1cc(C(=O)N[C@H](C)c2ccncc2)sc1C. The Kier molecular flexibility index (Phi) is 3.77. The van der Waals surface area contributed by atoms with E-state index in [4.69, 9.17) is 0 Å². The number of hydrogen-bond acceptors (Lipinski definition) is 3. The van der Waals surface area contributed by atoms with Crippen molar-refractivity contribution in [2.45, 2.75) is 26.8 Å². The number of thiophene rings is 1. The van der Waals surface area contributed by atoms with E-state index in [0.717, 1.165) is 10.4 Å². The Balaban J connectivity index is 2.08. The molecule has 1 amide bonds. The first-order chi connectivity index (χ1) is 8.58. The summed E-state index contributed by atoms with van der Waals surface area (Å²) in [7, 11) is 0. The van der Waals surface area contributed by atoms with Crippen molar-refractivity contribution in [3.8, 4) is 0 Å². The third kappa shape index (κ3) is 2.76. The summed E-state index contributed by atoms with van der Waals surface area (Å²) in [4.78, 5) is 18.0. The van der Waals surface area contributed by atoms with Gasteiger partial charge in [0.05, 0.1) is 10.9 Å². The Hall–Kier alpha value is -1.68. The van der Waals surface area contributed by atoms with Crippen molar-refractivity contribution in [2.24, 2.45) is 0 Å². The maximum absolute atomic E-state index is 12.1. The zero-order valence-electron chi connectivity index (χ0n) is 10.7. The number of nitrogens with zero attached hydrogens (tertiary/aromatic N) is 1. The molecule has 0 saturated carbocycles.